The molecule has 0 spiro atoms. The Morgan fingerprint density at radius 2 is 1.72 bits per heavy atom. The third-order valence-electron chi connectivity index (χ3n) is 5.48. The molecule has 0 bridgehead atoms. The lowest BCUT2D eigenvalue weighted by Gasteiger charge is -2.31. The van der Waals surface area contributed by atoms with Gasteiger partial charge in [0.1, 0.15) is 5.75 Å². The Balaban J connectivity index is 1.84. The Hall–Kier alpha value is -2.99. The van der Waals surface area contributed by atoms with E-state index in [0.29, 0.717) is 11.5 Å². The van der Waals surface area contributed by atoms with Crippen LogP contribution >= 0.6 is 0 Å². The van der Waals surface area contributed by atoms with Crippen LogP contribution in [0.2, 0.25) is 0 Å². The van der Waals surface area contributed by atoms with E-state index in [1.807, 2.05) is 30.5 Å². The van der Waals surface area contributed by atoms with Gasteiger partial charge in [-0.15, -0.1) is 0 Å². The van der Waals surface area contributed by atoms with E-state index in [9.17, 15) is 0 Å². The lowest BCUT2D eigenvalue weighted by atomic mass is 9.99. The Bertz CT molecular complexity index is 955. The predicted molar refractivity (Wildman–Crippen MR) is 112 cm³/mol. The third-order valence-corrected chi connectivity index (χ3v) is 5.48. The van der Waals surface area contributed by atoms with Crippen molar-refractivity contribution < 1.29 is 14.2 Å². The lowest BCUT2D eigenvalue weighted by molar-refractivity contribution is 0.213. The minimum atomic E-state index is 0.0178. The number of ether oxygens (including phenoxy) is 3. The number of aromatic nitrogens is 2. The van der Waals surface area contributed by atoms with Crippen LogP contribution in [-0.2, 0) is 13.1 Å². The fourth-order valence-corrected chi connectivity index (χ4v) is 4.13. The highest BCUT2D eigenvalue weighted by Crippen LogP contribution is 2.43. The van der Waals surface area contributed by atoms with Crippen molar-refractivity contribution in [2.75, 3.05) is 27.9 Å². The van der Waals surface area contributed by atoms with Crippen LogP contribution in [0.5, 0.6) is 17.2 Å². The van der Waals surface area contributed by atoms with Crippen molar-refractivity contribution in [1.29, 1.82) is 0 Å². The first kappa shape index (κ1) is 19.3. The standard InChI is InChI=1S/C23H27N3O3/c1-27-20-15-22(29-3)21(28-2)14-18(20)23-19-9-6-11-25(19)12-7-13-26(23)16-17-8-4-5-10-24-17/h4-6,8-11,14-15,23H,7,12-13,16H2,1-3H3. The topological polar surface area (TPSA) is 48.8 Å². The summed E-state index contributed by atoms with van der Waals surface area (Å²) in [5.74, 6) is 2.14. The molecule has 0 saturated carbocycles. The lowest BCUT2D eigenvalue weighted by Crippen LogP contribution is -2.30. The van der Waals surface area contributed by atoms with Crippen LogP contribution in [0.1, 0.15) is 29.4 Å². The van der Waals surface area contributed by atoms with Crippen molar-refractivity contribution in [2.24, 2.45) is 0 Å². The molecule has 152 valence electrons. The molecule has 0 amide bonds. The summed E-state index contributed by atoms with van der Waals surface area (Å²) >= 11 is 0. The van der Waals surface area contributed by atoms with Crippen molar-refractivity contribution in [2.45, 2.75) is 25.6 Å². The molecule has 0 N–H and O–H groups in total. The van der Waals surface area contributed by atoms with E-state index in [-0.39, 0.29) is 6.04 Å². The van der Waals surface area contributed by atoms with Crippen LogP contribution in [0.3, 0.4) is 0 Å². The third kappa shape index (κ3) is 3.80. The van der Waals surface area contributed by atoms with Gasteiger partial charge in [0.25, 0.3) is 0 Å². The van der Waals surface area contributed by atoms with E-state index in [1.54, 1.807) is 21.3 Å². The summed E-state index contributed by atoms with van der Waals surface area (Å²) in [6, 6.07) is 14.3. The van der Waals surface area contributed by atoms with E-state index in [2.05, 4.69) is 38.8 Å². The molecule has 0 saturated heterocycles. The van der Waals surface area contributed by atoms with Gasteiger partial charge in [-0.05, 0) is 36.8 Å². The normalized spacial score (nSPS) is 16.7. The van der Waals surface area contributed by atoms with Gasteiger partial charge in [0, 0.05) is 49.4 Å². The predicted octanol–water partition coefficient (Wildman–Crippen LogP) is 3.90. The molecular formula is C23H27N3O3. The molecule has 1 aliphatic heterocycles. The number of benzene rings is 1. The highest BCUT2D eigenvalue weighted by molar-refractivity contribution is 5.53. The number of nitrogens with zero attached hydrogens (tertiary/aromatic N) is 3. The minimum Gasteiger partial charge on any atom is -0.496 e. The highest BCUT2D eigenvalue weighted by atomic mass is 16.5. The highest BCUT2D eigenvalue weighted by Gasteiger charge is 2.31. The number of rotatable bonds is 6. The molecular weight excluding hydrogens is 366 g/mol. The van der Waals surface area contributed by atoms with Gasteiger partial charge in [0.05, 0.1) is 33.1 Å². The van der Waals surface area contributed by atoms with Crippen LogP contribution in [0.4, 0.5) is 0 Å². The first-order valence-corrected chi connectivity index (χ1v) is 9.84. The van der Waals surface area contributed by atoms with Crippen LogP contribution in [0, 0.1) is 0 Å². The Kier molecular flexibility index (Phi) is 5.71. The van der Waals surface area contributed by atoms with E-state index in [4.69, 9.17) is 14.2 Å². The molecule has 3 aromatic rings. The second-order valence-electron chi connectivity index (χ2n) is 7.12. The van der Waals surface area contributed by atoms with Crippen LogP contribution in [0.25, 0.3) is 0 Å². The maximum atomic E-state index is 5.78. The molecule has 1 unspecified atom stereocenters. The molecule has 0 fully saturated rings. The molecule has 1 atom stereocenters. The van der Waals surface area contributed by atoms with Gasteiger partial charge in [-0.3, -0.25) is 9.88 Å². The Labute approximate surface area is 171 Å². The average molecular weight is 393 g/mol. The summed E-state index contributed by atoms with van der Waals surface area (Å²) in [5, 5.41) is 0. The van der Waals surface area contributed by atoms with Crippen molar-refractivity contribution in [1.82, 2.24) is 14.5 Å². The number of hydrogen-bond donors (Lipinski definition) is 0. The summed E-state index contributed by atoms with van der Waals surface area (Å²) in [6.45, 7) is 2.71. The summed E-state index contributed by atoms with van der Waals surface area (Å²) < 4.78 is 19.2. The van der Waals surface area contributed by atoms with Crippen molar-refractivity contribution in [3.63, 3.8) is 0 Å². The molecule has 0 aliphatic carbocycles. The van der Waals surface area contributed by atoms with Gasteiger partial charge in [0.15, 0.2) is 11.5 Å². The summed E-state index contributed by atoms with van der Waals surface area (Å²) in [7, 11) is 5.00. The number of methoxy groups -OCH3 is 3. The zero-order valence-electron chi connectivity index (χ0n) is 17.2. The fourth-order valence-electron chi connectivity index (χ4n) is 4.13. The van der Waals surface area contributed by atoms with Crippen molar-refractivity contribution >= 4 is 0 Å². The first-order valence-electron chi connectivity index (χ1n) is 9.84. The van der Waals surface area contributed by atoms with Crippen LogP contribution in [-0.4, -0.2) is 42.3 Å². The zero-order chi connectivity index (χ0) is 20.2. The average Bonchev–Trinajstić information content (AvgIpc) is 3.15. The molecule has 2 aromatic heterocycles. The molecule has 1 aliphatic rings. The fraction of sp³-hybridized carbons (Fsp3) is 0.348. The van der Waals surface area contributed by atoms with E-state index in [1.165, 1.54) is 5.69 Å². The van der Waals surface area contributed by atoms with Gasteiger partial charge in [0.2, 0.25) is 0 Å². The maximum Gasteiger partial charge on any atom is 0.164 e. The first-order chi connectivity index (χ1) is 14.2. The number of aryl methyl sites for hydroxylation is 1. The summed E-state index contributed by atoms with van der Waals surface area (Å²) in [5.41, 5.74) is 3.35. The molecule has 3 heterocycles. The molecule has 6 nitrogen and oxygen atoms in total. The summed E-state index contributed by atoms with van der Waals surface area (Å²) in [6.07, 6.45) is 5.07. The SMILES string of the molecule is COc1cc(OC)c(C2c3cccn3CCCN2Cc2ccccn2)cc1OC. The van der Waals surface area contributed by atoms with Crippen molar-refractivity contribution in [3.8, 4) is 17.2 Å². The monoisotopic (exact) mass is 393 g/mol. The van der Waals surface area contributed by atoms with Gasteiger partial charge < -0.3 is 18.8 Å². The smallest absolute Gasteiger partial charge is 0.164 e. The second-order valence-corrected chi connectivity index (χ2v) is 7.12. The largest absolute Gasteiger partial charge is 0.496 e. The zero-order valence-corrected chi connectivity index (χ0v) is 17.2. The number of hydrogen-bond acceptors (Lipinski definition) is 5. The molecule has 29 heavy (non-hydrogen) atoms. The second kappa shape index (κ2) is 8.57. The van der Waals surface area contributed by atoms with E-state index in [0.717, 1.165) is 43.1 Å². The van der Waals surface area contributed by atoms with Gasteiger partial charge >= 0.3 is 0 Å². The minimum absolute atomic E-state index is 0.0178. The molecule has 6 heteroatoms. The molecule has 0 radical (unpaired) electrons. The van der Waals surface area contributed by atoms with Gasteiger partial charge in [-0.25, -0.2) is 0 Å². The van der Waals surface area contributed by atoms with Gasteiger partial charge in [-0.1, -0.05) is 6.07 Å². The molecule has 1 aromatic carbocycles. The molecule has 4 rings (SSSR count). The van der Waals surface area contributed by atoms with E-state index < -0.39 is 0 Å². The summed E-state index contributed by atoms with van der Waals surface area (Å²) in [4.78, 5) is 7.02. The number of fused-ring (bicyclic) bond motifs is 1. The van der Waals surface area contributed by atoms with Gasteiger partial charge in [-0.2, -0.15) is 0 Å². The van der Waals surface area contributed by atoms with E-state index >= 15 is 0 Å². The van der Waals surface area contributed by atoms with Crippen LogP contribution < -0.4 is 14.2 Å². The maximum absolute atomic E-state index is 5.78. The Morgan fingerprint density at radius 1 is 0.931 bits per heavy atom. The van der Waals surface area contributed by atoms with Crippen LogP contribution in [0.15, 0.2) is 54.9 Å². The quantitative estimate of drug-likeness (QED) is 0.636. The number of pyridine rings is 1. The van der Waals surface area contributed by atoms with Crippen molar-refractivity contribution in [3.05, 3.63) is 71.8 Å². The Morgan fingerprint density at radius 3 is 2.45 bits per heavy atom.